The summed E-state index contributed by atoms with van der Waals surface area (Å²) in [5.74, 6) is 2.69. The molecule has 20 heavy (non-hydrogen) atoms. The maximum atomic E-state index is 5.98. The molecule has 3 heteroatoms. The maximum Gasteiger partial charge on any atom is 0.111 e. The SMILES string of the molecule is Cc1cccc2nc(CCCl)n(C3CCC(C)CC3)c12. The van der Waals surface area contributed by atoms with E-state index in [4.69, 9.17) is 16.6 Å². The zero-order chi connectivity index (χ0) is 14.1. The monoisotopic (exact) mass is 290 g/mol. The predicted molar refractivity (Wildman–Crippen MR) is 85.6 cm³/mol. The van der Waals surface area contributed by atoms with E-state index in [1.165, 1.54) is 42.6 Å². The predicted octanol–water partition coefficient (Wildman–Crippen LogP) is 4.88. The molecule has 2 aromatic rings. The second kappa shape index (κ2) is 5.77. The minimum atomic E-state index is 0.607. The molecule has 1 aliphatic carbocycles. The van der Waals surface area contributed by atoms with Crippen LogP contribution in [0.25, 0.3) is 11.0 Å². The number of nitrogens with zero attached hydrogens (tertiary/aromatic N) is 2. The van der Waals surface area contributed by atoms with Crippen molar-refractivity contribution in [2.75, 3.05) is 5.88 Å². The molecule has 108 valence electrons. The molecule has 0 atom stereocenters. The fourth-order valence-corrected chi connectivity index (χ4v) is 3.69. The van der Waals surface area contributed by atoms with Crippen LogP contribution in [0.15, 0.2) is 18.2 Å². The average Bonchev–Trinajstić information content (AvgIpc) is 2.80. The molecule has 0 saturated heterocycles. The van der Waals surface area contributed by atoms with E-state index >= 15 is 0 Å². The van der Waals surface area contributed by atoms with E-state index in [9.17, 15) is 0 Å². The van der Waals surface area contributed by atoms with Gasteiger partial charge in [-0.05, 0) is 50.2 Å². The van der Waals surface area contributed by atoms with Crippen molar-refractivity contribution < 1.29 is 0 Å². The second-order valence-corrected chi connectivity index (χ2v) is 6.57. The molecule has 2 nitrogen and oxygen atoms in total. The van der Waals surface area contributed by atoms with Crippen LogP contribution in [0.5, 0.6) is 0 Å². The summed E-state index contributed by atoms with van der Waals surface area (Å²) in [6, 6.07) is 7.02. The highest BCUT2D eigenvalue weighted by atomic mass is 35.5. The molecule has 0 unspecified atom stereocenters. The molecule has 0 aliphatic heterocycles. The van der Waals surface area contributed by atoms with Gasteiger partial charge in [-0.25, -0.2) is 4.98 Å². The Bertz CT molecular complexity index is 594. The van der Waals surface area contributed by atoms with Gasteiger partial charge in [-0.15, -0.1) is 11.6 Å². The fourth-order valence-electron chi connectivity index (χ4n) is 3.52. The number of halogens is 1. The molecule has 1 saturated carbocycles. The van der Waals surface area contributed by atoms with Crippen molar-refractivity contribution in [2.45, 2.75) is 52.0 Å². The molecule has 1 heterocycles. The molecule has 3 rings (SSSR count). The van der Waals surface area contributed by atoms with Gasteiger partial charge in [-0.2, -0.15) is 0 Å². The lowest BCUT2D eigenvalue weighted by molar-refractivity contribution is 0.289. The minimum Gasteiger partial charge on any atom is -0.325 e. The highest BCUT2D eigenvalue weighted by Crippen LogP contribution is 2.36. The minimum absolute atomic E-state index is 0.607. The van der Waals surface area contributed by atoms with E-state index in [2.05, 4.69) is 36.6 Å². The molecular weight excluding hydrogens is 268 g/mol. The Balaban J connectivity index is 2.08. The van der Waals surface area contributed by atoms with Gasteiger partial charge in [-0.3, -0.25) is 0 Å². The number of alkyl halides is 1. The second-order valence-electron chi connectivity index (χ2n) is 6.19. The van der Waals surface area contributed by atoms with Gasteiger partial charge in [0.25, 0.3) is 0 Å². The van der Waals surface area contributed by atoms with Crippen LogP contribution in [0, 0.1) is 12.8 Å². The third-order valence-electron chi connectivity index (χ3n) is 4.65. The first-order chi connectivity index (χ1) is 9.70. The zero-order valence-corrected chi connectivity index (χ0v) is 13.2. The molecule has 1 fully saturated rings. The quantitative estimate of drug-likeness (QED) is 0.737. The Morgan fingerprint density at radius 3 is 2.70 bits per heavy atom. The topological polar surface area (TPSA) is 17.8 Å². The van der Waals surface area contributed by atoms with Gasteiger partial charge < -0.3 is 4.57 Å². The summed E-state index contributed by atoms with van der Waals surface area (Å²) >= 11 is 5.98. The number of imidazole rings is 1. The Labute approximate surface area is 126 Å². The largest absolute Gasteiger partial charge is 0.325 e. The summed E-state index contributed by atoms with van der Waals surface area (Å²) in [6.07, 6.45) is 6.07. The summed E-state index contributed by atoms with van der Waals surface area (Å²) in [5.41, 5.74) is 3.78. The Morgan fingerprint density at radius 2 is 2.00 bits per heavy atom. The van der Waals surface area contributed by atoms with Crippen LogP contribution < -0.4 is 0 Å². The molecule has 1 aliphatic rings. The van der Waals surface area contributed by atoms with Crippen LogP contribution in [-0.4, -0.2) is 15.4 Å². The fraction of sp³-hybridized carbons (Fsp3) is 0.588. The number of aryl methyl sites for hydroxylation is 2. The average molecular weight is 291 g/mol. The third kappa shape index (κ3) is 2.46. The van der Waals surface area contributed by atoms with Gasteiger partial charge in [0.05, 0.1) is 11.0 Å². The van der Waals surface area contributed by atoms with E-state index in [1.807, 2.05) is 0 Å². The molecule has 0 amide bonds. The van der Waals surface area contributed by atoms with E-state index in [1.54, 1.807) is 0 Å². The molecule has 0 radical (unpaired) electrons. The lowest BCUT2D eigenvalue weighted by atomic mass is 9.87. The number of aromatic nitrogens is 2. The molecule has 1 aromatic heterocycles. The summed E-state index contributed by atoms with van der Waals surface area (Å²) in [5, 5.41) is 0. The number of hydrogen-bond acceptors (Lipinski definition) is 1. The lowest BCUT2D eigenvalue weighted by Crippen LogP contribution is -2.19. The van der Waals surface area contributed by atoms with Crippen molar-refractivity contribution in [3.8, 4) is 0 Å². The van der Waals surface area contributed by atoms with E-state index in [0.29, 0.717) is 11.9 Å². The van der Waals surface area contributed by atoms with Gasteiger partial charge in [0.1, 0.15) is 5.82 Å². The standard InChI is InChI=1S/C17H23ClN2/c1-12-6-8-14(9-7-12)20-16(10-11-18)19-15-5-3-4-13(2)17(15)20/h3-5,12,14H,6-11H2,1-2H3. The van der Waals surface area contributed by atoms with Crippen molar-refractivity contribution in [1.29, 1.82) is 0 Å². The normalized spacial score (nSPS) is 23.4. The first kappa shape index (κ1) is 13.9. The Kier molecular flexibility index (Phi) is 4.02. The highest BCUT2D eigenvalue weighted by Gasteiger charge is 2.24. The van der Waals surface area contributed by atoms with Crippen LogP contribution in [0.2, 0.25) is 0 Å². The number of para-hydroxylation sites is 1. The molecule has 0 bridgehead atoms. The van der Waals surface area contributed by atoms with Gasteiger partial charge >= 0.3 is 0 Å². The molecule has 0 spiro atoms. The number of hydrogen-bond donors (Lipinski definition) is 0. The molecule has 1 aromatic carbocycles. The van der Waals surface area contributed by atoms with Crippen molar-refractivity contribution in [3.63, 3.8) is 0 Å². The van der Waals surface area contributed by atoms with Gasteiger partial charge in [0, 0.05) is 18.3 Å². The first-order valence-corrected chi connectivity index (χ1v) is 8.26. The summed E-state index contributed by atoms with van der Waals surface area (Å²) in [6.45, 7) is 4.56. The van der Waals surface area contributed by atoms with Crippen molar-refractivity contribution in [1.82, 2.24) is 9.55 Å². The van der Waals surface area contributed by atoms with Crippen molar-refractivity contribution in [2.24, 2.45) is 5.92 Å². The first-order valence-electron chi connectivity index (χ1n) is 7.73. The summed E-state index contributed by atoms with van der Waals surface area (Å²) < 4.78 is 2.50. The maximum absolute atomic E-state index is 5.98. The van der Waals surface area contributed by atoms with Crippen LogP contribution in [-0.2, 0) is 6.42 Å². The van der Waals surface area contributed by atoms with Crippen LogP contribution in [0.4, 0.5) is 0 Å². The van der Waals surface area contributed by atoms with Gasteiger partial charge in [0.2, 0.25) is 0 Å². The van der Waals surface area contributed by atoms with Gasteiger partial charge in [-0.1, -0.05) is 19.1 Å². The van der Waals surface area contributed by atoms with E-state index < -0.39 is 0 Å². The highest BCUT2D eigenvalue weighted by molar-refractivity contribution is 6.17. The Morgan fingerprint density at radius 1 is 1.25 bits per heavy atom. The number of fused-ring (bicyclic) bond motifs is 1. The Hall–Kier alpha value is -1.02. The summed E-state index contributed by atoms with van der Waals surface area (Å²) in [4.78, 5) is 4.84. The van der Waals surface area contributed by atoms with Crippen molar-refractivity contribution >= 4 is 22.6 Å². The van der Waals surface area contributed by atoms with E-state index in [-0.39, 0.29) is 0 Å². The van der Waals surface area contributed by atoms with E-state index in [0.717, 1.165) is 17.9 Å². The third-order valence-corrected chi connectivity index (χ3v) is 4.84. The van der Waals surface area contributed by atoms with Crippen LogP contribution in [0.1, 0.15) is 50.0 Å². The number of rotatable bonds is 3. The molecular formula is C17H23ClN2. The zero-order valence-electron chi connectivity index (χ0n) is 12.4. The van der Waals surface area contributed by atoms with Gasteiger partial charge in [0.15, 0.2) is 0 Å². The smallest absolute Gasteiger partial charge is 0.111 e. The summed E-state index contributed by atoms with van der Waals surface area (Å²) in [7, 11) is 0. The van der Waals surface area contributed by atoms with Crippen LogP contribution in [0.3, 0.4) is 0 Å². The van der Waals surface area contributed by atoms with Crippen molar-refractivity contribution in [3.05, 3.63) is 29.6 Å². The number of benzene rings is 1. The molecule has 0 N–H and O–H groups in total. The lowest BCUT2D eigenvalue weighted by Gasteiger charge is -2.29. The van der Waals surface area contributed by atoms with Crippen LogP contribution >= 0.6 is 11.6 Å².